The summed E-state index contributed by atoms with van der Waals surface area (Å²) in [6.45, 7) is 0. The SMILES string of the molecule is Brc1cc2c(cc1Br)C1C=CC2O1.C. The maximum absolute atomic E-state index is 5.70. The van der Waals surface area contributed by atoms with Gasteiger partial charge >= 0.3 is 0 Å². The number of hydrogen-bond donors (Lipinski definition) is 0. The second-order valence-corrected chi connectivity index (χ2v) is 4.97. The molecule has 0 saturated heterocycles. The Bertz CT molecular complexity index is 375. The van der Waals surface area contributed by atoms with Gasteiger partial charge in [-0.05, 0) is 55.1 Å². The molecule has 14 heavy (non-hydrogen) atoms. The van der Waals surface area contributed by atoms with E-state index in [-0.39, 0.29) is 19.6 Å². The highest BCUT2D eigenvalue weighted by atomic mass is 79.9. The second kappa shape index (κ2) is 3.47. The fourth-order valence-corrected chi connectivity index (χ4v) is 2.60. The smallest absolute Gasteiger partial charge is 0.102 e. The van der Waals surface area contributed by atoms with Crippen molar-refractivity contribution in [2.45, 2.75) is 19.6 Å². The molecule has 2 bridgehead atoms. The van der Waals surface area contributed by atoms with Gasteiger partial charge in [-0.3, -0.25) is 0 Å². The van der Waals surface area contributed by atoms with Crippen LogP contribution in [0.3, 0.4) is 0 Å². The first kappa shape index (κ1) is 10.4. The van der Waals surface area contributed by atoms with E-state index in [1.54, 1.807) is 0 Å². The minimum Gasteiger partial charge on any atom is -0.357 e. The minimum atomic E-state index is 0. The van der Waals surface area contributed by atoms with Gasteiger partial charge in [-0.2, -0.15) is 0 Å². The van der Waals surface area contributed by atoms with Crippen molar-refractivity contribution in [2.75, 3.05) is 0 Å². The van der Waals surface area contributed by atoms with E-state index >= 15 is 0 Å². The molecule has 0 aromatic heterocycles. The predicted octanol–water partition coefficient (Wildman–Crippen LogP) is 4.53. The third kappa shape index (κ3) is 1.30. The van der Waals surface area contributed by atoms with Crippen molar-refractivity contribution in [3.8, 4) is 0 Å². The van der Waals surface area contributed by atoms with Crippen molar-refractivity contribution in [3.63, 3.8) is 0 Å². The molecule has 2 atom stereocenters. The summed E-state index contributed by atoms with van der Waals surface area (Å²) >= 11 is 6.99. The van der Waals surface area contributed by atoms with Crippen LogP contribution in [-0.4, -0.2) is 0 Å². The summed E-state index contributed by atoms with van der Waals surface area (Å²) in [5, 5.41) is 0. The van der Waals surface area contributed by atoms with Crippen molar-refractivity contribution in [3.05, 3.63) is 44.4 Å². The van der Waals surface area contributed by atoms with Gasteiger partial charge in [-0.25, -0.2) is 0 Å². The lowest BCUT2D eigenvalue weighted by Crippen LogP contribution is -1.92. The Balaban J connectivity index is 0.000000750. The molecule has 2 aliphatic rings. The molecule has 0 amide bonds. The predicted molar refractivity (Wildman–Crippen MR) is 64.3 cm³/mol. The average Bonchev–Trinajstić information content (AvgIpc) is 2.67. The van der Waals surface area contributed by atoms with E-state index in [2.05, 4.69) is 56.1 Å². The molecule has 2 heterocycles. The molecule has 0 radical (unpaired) electrons. The molecule has 3 rings (SSSR count). The van der Waals surface area contributed by atoms with Gasteiger partial charge in [0.15, 0.2) is 0 Å². The number of halogens is 2. The van der Waals surface area contributed by atoms with Gasteiger partial charge in [-0.1, -0.05) is 19.6 Å². The third-order valence-electron chi connectivity index (χ3n) is 2.49. The Kier molecular flexibility index (Phi) is 2.58. The first-order chi connectivity index (χ1) is 6.25. The van der Waals surface area contributed by atoms with Gasteiger partial charge in [0.2, 0.25) is 0 Å². The summed E-state index contributed by atoms with van der Waals surface area (Å²) in [6.07, 6.45) is 4.61. The number of ether oxygens (including phenoxy) is 1. The summed E-state index contributed by atoms with van der Waals surface area (Å²) in [6, 6.07) is 4.27. The van der Waals surface area contributed by atoms with E-state index in [0.717, 1.165) is 8.95 Å². The maximum atomic E-state index is 5.70. The van der Waals surface area contributed by atoms with Crippen LogP contribution < -0.4 is 0 Å². The van der Waals surface area contributed by atoms with Crippen LogP contribution in [0.15, 0.2) is 33.2 Å². The van der Waals surface area contributed by atoms with E-state index < -0.39 is 0 Å². The summed E-state index contributed by atoms with van der Waals surface area (Å²) in [5.74, 6) is 0. The number of hydrogen-bond acceptors (Lipinski definition) is 1. The van der Waals surface area contributed by atoms with E-state index in [4.69, 9.17) is 4.74 Å². The zero-order chi connectivity index (χ0) is 9.00. The molecule has 1 aromatic carbocycles. The average molecular weight is 318 g/mol. The molecule has 74 valence electrons. The highest BCUT2D eigenvalue weighted by Crippen LogP contribution is 2.47. The zero-order valence-electron chi connectivity index (χ0n) is 6.63. The van der Waals surface area contributed by atoms with Gasteiger partial charge in [-0.15, -0.1) is 0 Å². The fourth-order valence-electron chi connectivity index (χ4n) is 1.87. The quantitative estimate of drug-likeness (QED) is 0.639. The second-order valence-electron chi connectivity index (χ2n) is 3.26. The van der Waals surface area contributed by atoms with E-state index in [1.807, 2.05) is 0 Å². The lowest BCUT2D eigenvalue weighted by atomic mass is 9.97. The van der Waals surface area contributed by atoms with Gasteiger partial charge < -0.3 is 4.74 Å². The van der Waals surface area contributed by atoms with Crippen LogP contribution >= 0.6 is 31.9 Å². The molecule has 1 aromatic rings. The van der Waals surface area contributed by atoms with Crippen LogP contribution in [0.4, 0.5) is 0 Å². The highest BCUT2D eigenvalue weighted by molar-refractivity contribution is 9.13. The Hall–Kier alpha value is -0.120. The molecule has 0 aliphatic carbocycles. The Labute approximate surface area is 100 Å². The van der Waals surface area contributed by atoms with Crippen molar-refractivity contribution in [1.29, 1.82) is 0 Å². The van der Waals surface area contributed by atoms with Crippen LogP contribution in [0.25, 0.3) is 0 Å². The largest absolute Gasteiger partial charge is 0.357 e. The van der Waals surface area contributed by atoms with Crippen molar-refractivity contribution in [2.24, 2.45) is 0 Å². The van der Waals surface area contributed by atoms with Crippen molar-refractivity contribution < 1.29 is 4.74 Å². The molecule has 0 saturated carbocycles. The van der Waals surface area contributed by atoms with E-state index in [0.29, 0.717) is 0 Å². The maximum Gasteiger partial charge on any atom is 0.102 e. The molecule has 0 spiro atoms. The molecule has 0 fully saturated rings. The van der Waals surface area contributed by atoms with Gasteiger partial charge in [0.05, 0.1) is 0 Å². The van der Waals surface area contributed by atoms with Crippen LogP contribution in [0.1, 0.15) is 30.8 Å². The monoisotopic (exact) mass is 316 g/mol. The first-order valence-corrected chi connectivity index (χ1v) is 5.67. The summed E-state index contributed by atoms with van der Waals surface area (Å²) in [7, 11) is 0. The Morgan fingerprint density at radius 3 is 1.79 bits per heavy atom. The van der Waals surface area contributed by atoms with Crippen molar-refractivity contribution >= 4 is 31.9 Å². The minimum absolute atomic E-state index is 0. The van der Waals surface area contributed by atoms with Crippen LogP contribution in [-0.2, 0) is 4.74 Å². The standard InChI is InChI=1S/C10H6Br2O.CH4/c11-7-3-5-6(4-8(7)12)10-2-1-9(5)13-10;/h1-4,9-10H;1H4. The third-order valence-corrected chi connectivity index (χ3v) is 4.34. The normalized spacial score (nSPS) is 26.1. The van der Waals surface area contributed by atoms with Gasteiger partial charge in [0, 0.05) is 8.95 Å². The van der Waals surface area contributed by atoms with Crippen molar-refractivity contribution in [1.82, 2.24) is 0 Å². The Morgan fingerprint density at radius 2 is 1.36 bits per heavy atom. The van der Waals surface area contributed by atoms with E-state index in [1.165, 1.54) is 11.1 Å². The molecular formula is C11H10Br2O. The number of benzene rings is 1. The fraction of sp³-hybridized carbons (Fsp3) is 0.273. The first-order valence-electron chi connectivity index (χ1n) is 4.08. The lowest BCUT2D eigenvalue weighted by Gasteiger charge is -2.08. The molecule has 0 N–H and O–H groups in total. The van der Waals surface area contributed by atoms with Crippen LogP contribution in [0.2, 0.25) is 0 Å². The van der Waals surface area contributed by atoms with Crippen LogP contribution in [0.5, 0.6) is 0 Å². The highest BCUT2D eigenvalue weighted by Gasteiger charge is 2.33. The van der Waals surface area contributed by atoms with Gasteiger partial charge in [0.1, 0.15) is 12.2 Å². The van der Waals surface area contributed by atoms with Gasteiger partial charge in [0.25, 0.3) is 0 Å². The molecule has 3 heteroatoms. The number of fused-ring (bicyclic) bond motifs is 5. The molecule has 2 unspecified atom stereocenters. The molecule has 1 nitrogen and oxygen atoms in total. The topological polar surface area (TPSA) is 9.23 Å². The lowest BCUT2D eigenvalue weighted by molar-refractivity contribution is 0.0878. The summed E-state index contributed by atoms with van der Waals surface area (Å²) in [4.78, 5) is 0. The van der Waals surface area contributed by atoms with Crippen LogP contribution in [0, 0.1) is 0 Å². The summed E-state index contributed by atoms with van der Waals surface area (Å²) < 4.78 is 7.89. The number of rotatable bonds is 0. The molecule has 2 aliphatic heterocycles. The Morgan fingerprint density at radius 1 is 0.929 bits per heavy atom. The zero-order valence-corrected chi connectivity index (χ0v) is 9.80. The molecular weight excluding hydrogens is 308 g/mol. The van der Waals surface area contributed by atoms with E-state index in [9.17, 15) is 0 Å². The summed E-state index contributed by atoms with van der Waals surface area (Å²) in [5.41, 5.74) is 2.59.